The first-order valence-corrected chi connectivity index (χ1v) is 9.38. The number of hydrogen-bond donors (Lipinski definition) is 0. The number of benzene rings is 3. The van der Waals surface area contributed by atoms with Crippen molar-refractivity contribution in [3.63, 3.8) is 0 Å². The maximum atomic E-state index is 5.54. The number of halogens is 1. The summed E-state index contributed by atoms with van der Waals surface area (Å²) < 4.78 is 11.0. The van der Waals surface area contributed by atoms with Crippen LogP contribution in [0.1, 0.15) is 22.7 Å². The number of fused-ring (bicyclic) bond motifs is 1. The number of aliphatic imine (C=N–C) groups is 1. The van der Waals surface area contributed by atoms with E-state index in [-0.39, 0.29) is 18.4 Å². The van der Waals surface area contributed by atoms with Gasteiger partial charge in [0, 0.05) is 12.6 Å². The molecular formula is C24H25ClN2O2. The molecule has 1 heterocycles. The van der Waals surface area contributed by atoms with Crippen molar-refractivity contribution >= 4 is 23.9 Å². The molecule has 0 fully saturated rings. The monoisotopic (exact) mass is 408 g/mol. The van der Waals surface area contributed by atoms with Crippen molar-refractivity contribution < 1.29 is 9.47 Å². The van der Waals surface area contributed by atoms with Crippen LogP contribution in [0.5, 0.6) is 11.5 Å². The molecule has 3 aromatic rings. The van der Waals surface area contributed by atoms with Gasteiger partial charge >= 0.3 is 0 Å². The van der Waals surface area contributed by atoms with Gasteiger partial charge in [0.1, 0.15) is 5.84 Å². The predicted octanol–water partition coefficient (Wildman–Crippen LogP) is 5.43. The highest BCUT2D eigenvalue weighted by atomic mass is 35.5. The first kappa shape index (κ1) is 20.7. The molecule has 4 nitrogen and oxygen atoms in total. The third-order valence-electron chi connectivity index (χ3n) is 5.26. The average Bonchev–Trinajstić information content (AvgIpc) is 2.90. The summed E-state index contributed by atoms with van der Waals surface area (Å²) in [5, 5.41) is 0. The van der Waals surface area contributed by atoms with Gasteiger partial charge in [-0.2, -0.15) is 0 Å². The van der Waals surface area contributed by atoms with Crippen LogP contribution in [0, 0.1) is 0 Å². The van der Waals surface area contributed by atoms with Crippen LogP contribution in [0.3, 0.4) is 0 Å². The summed E-state index contributed by atoms with van der Waals surface area (Å²) in [5.41, 5.74) is 4.53. The maximum absolute atomic E-state index is 5.54. The molecule has 0 N–H and O–H groups in total. The van der Waals surface area contributed by atoms with E-state index in [0.29, 0.717) is 0 Å². The summed E-state index contributed by atoms with van der Waals surface area (Å²) >= 11 is 0. The lowest BCUT2D eigenvalue weighted by molar-refractivity contribution is 0.348. The van der Waals surface area contributed by atoms with Gasteiger partial charge in [0.15, 0.2) is 11.5 Å². The molecule has 1 atom stereocenters. The topological polar surface area (TPSA) is 34.1 Å². The standard InChI is InChI=1S/C24H24N2O2.ClH/c1-26-21(19-13-14-22(27-2)23(16-19)28-3)15-18-11-7-8-12-20(18)25-24(26)17-9-5-4-6-10-17;/h4-14,16,21H,15H2,1-3H3;1H. The number of likely N-dealkylation sites (N-methyl/N-ethyl adjacent to an activating group) is 1. The van der Waals surface area contributed by atoms with Gasteiger partial charge in [-0.15, -0.1) is 12.4 Å². The van der Waals surface area contributed by atoms with Crippen LogP contribution in [-0.4, -0.2) is 32.0 Å². The minimum absolute atomic E-state index is 0. The van der Waals surface area contributed by atoms with Gasteiger partial charge in [0.25, 0.3) is 0 Å². The molecule has 0 saturated carbocycles. The van der Waals surface area contributed by atoms with Crippen molar-refractivity contribution in [1.29, 1.82) is 0 Å². The number of rotatable bonds is 4. The van der Waals surface area contributed by atoms with Crippen LogP contribution in [-0.2, 0) is 6.42 Å². The van der Waals surface area contributed by atoms with Crippen molar-refractivity contribution in [2.24, 2.45) is 4.99 Å². The van der Waals surface area contributed by atoms with Crippen molar-refractivity contribution in [2.45, 2.75) is 12.5 Å². The van der Waals surface area contributed by atoms with Gasteiger partial charge in [0.05, 0.1) is 25.9 Å². The quantitative estimate of drug-likeness (QED) is 0.577. The Hall–Kier alpha value is -2.98. The lowest BCUT2D eigenvalue weighted by atomic mass is 9.96. The number of methoxy groups -OCH3 is 2. The first-order valence-electron chi connectivity index (χ1n) is 9.38. The fraction of sp³-hybridized carbons (Fsp3) is 0.208. The second-order valence-electron chi connectivity index (χ2n) is 6.88. The molecule has 1 unspecified atom stereocenters. The van der Waals surface area contributed by atoms with Crippen LogP contribution in [0.25, 0.3) is 0 Å². The summed E-state index contributed by atoms with van der Waals surface area (Å²) in [6, 6.07) is 25.0. The summed E-state index contributed by atoms with van der Waals surface area (Å²) in [6.07, 6.45) is 0.863. The smallest absolute Gasteiger partial charge is 0.161 e. The highest BCUT2D eigenvalue weighted by Gasteiger charge is 2.26. The molecule has 4 rings (SSSR count). The van der Waals surface area contributed by atoms with Gasteiger partial charge in [-0.3, -0.25) is 0 Å². The van der Waals surface area contributed by atoms with E-state index in [1.54, 1.807) is 14.2 Å². The number of para-hydroxylation sites is 1. The van der Waals surface area contributed by atoms with Crippen molar-refractivity contribution in [3.05, 3.63) is 89.5 Å². The Morgan fingerprint density at radius 3 is 2.28 bits per heavy atom. The molecule has 0 aromatic heterocycles. The van der Waals surface area contributed by atoms with E-state index in [9.17, 15) is 0 Å². The number of amidine groups is 1. The fourth-order valence-corrected chi connectivity index (χ4v) is 3.74. The molecular weight excluding hydrogens is 384 g/mol. The van der Waals surface area contributed by atoms with Crippen LogP contribution in [0.2, 0.25) is 0 Å². The molecule has 1 aliphatic heterocycles. The summed E-state index contributed by atoms with van der Waals surface area (Å²) in [6.45, 7) is 0. The Kier molecular flexibility index (Phi) is 6.45. The van der Waals surface area contributed by atoms with E-state index in [0.717, 1.165) is 35.0 Å². The Morgan fingerprint density at radius 1 is 0.862 bits per heavy atom. The fourth-order valence-electron chi connectivity index (χ4n) is 3.74. The van der Waals surface area contributed by atoms with Crippen LogP contribution < -0.4 is 9.47 Å². The zero-order valence-electron chi connectivity index (χ0n) is 16.8. The molecule has 29 heavy (non-hydrogen) atoms. The zero-order valence-corrected chi connectivity index (χ0v) is 17.6. The summed E-state index contributed by atoms with van der Waals surface area (Å²) in [7, 11) is 5.44. The minimum Gasteiger partial charge on any atom is -0.493 e. The van der Waals surface area contributed by atoms with E-state index in [4.69, 9.17) is 14.5 Å². The number of nitrogens with zero attached hydrogens (tertiary/aromatic N) is 2. The van der Waals surface area contributed by atoms with E-state index < -0.39 is 0 Å². The highest BCUT2D eigenvalue weighted by Crippen LogP contribution is 2.37. The van der Waals surface area contributed by atoms with Crippen LogP contribution >= 0.6 is 12.4 Å². The zero-order chi connectivity index (χ0) is 19.5. The van der Waals surface area contributed by atoms with E-state index in [2.05, 4.69) is 54.4 Å². The first-order chi connectivity index (χ1) is 13.7. The van der Waals surface area contributed by atoms with Gasteiger partial charge < -0.3 is 14.4 Å². The molecule has 5 heteroatoms. The molecule has 0 spiro atoms. The molecule has 0 radical (unpaired) electrons. The number of ether oxygens (including phenoxy) is 2. The molecule has 0 amide bonds. The largest absolute Gasteiger partial charge is 0.493 e. The minimum atomic E-state index is 0. The number of hydrogen-bond acceptors (Lipinski definition) is 4. The molecule has 0 aliphatic carbocycles. The second-order valence-corrected chi connectivity index (χ2v) is 6.88. The normalized spacial score (nSPS) is 15.5. The van der Waals surface area contributed by atoms with Crippen LogP contribution in [0.4, 0.5) is 5.69 Å². The Balaban J connectivity index is 0.00000240. The Bertz CT molecular complexity index is 1000. The van der Waals surface area contributed by atoms with E-state index >= 15 is 0 Å². The van der Waals surface area contributed by atoms with E-state index in [1.165, 1.54) is 11.1 Å². The molecule has 3 aromatic carbocycles. The summed E-state index contributed by atoms with van der Waals surface area (Å²) in [5.74, 6) is 2.44. The van der Waals surface area contributed by atoms with Crippen LogP contribution in [0.15, 0.2) is 77.8 Å². The van der Waals surface area contributed by atoms with Gasteiger partial charge in [-0.1, -0.05) is 54.6 Å². The van der Waals surface area contributed by atoms with Crippen molar-refractivity contribution in [3.8, 4) is 11.5 Å². The molecule has 1 aliphatic rings. The third-order valence-corrected chi connectivity index (χ3v) is 5.26. The molecule has 0 saturated heterocycles. The molecule has 150 valence electrons. The lowest BCUT2D eigenvalue weighted by Crippen LogP contribution is -2.32. The van der Waals surface area contributed by atoms with Gasteiger partial charge in [-0.25, -0.2) is 4.99 Å². The third kappa shape index (κ3) is 4.08. The average molecular weight is 409 g/mol. The van der Waals surface area contributed by atoms with Crippen molar-refractivity contribution in [1.82, 2.24) is 4.90 Å². The lowest BCUT2D eigenvalue weighted by Gasteiger charge is -2.30. The van der Waals surface area contributed by atoms with E-state index in [1.807, 2.05) is 30.3 Å². The van der Waals surface area contributed by atoms with Gasteiger partial charge in [-0.05, 0) is 35.7 Å². The van der Waals surface area contributed by atoms with Gasteiger partial charge in [0.2, 0.25) is 0 Å². The Labute approximate surface area is 178 Å². The predicted molar refractivity (Wildman–Crippen MR) is 120 cm³/mol. The molecule has 0 bridgehead atoms. The second kappa shape index (κ2) is 9.01. The highest BCUT2D eigenvalue weighted by molar-refractivity contribution is 6.01. The Morgan fingerprint density at radius 2 is 1.55 bits per heavy atom. The van der Waals surface area contributed by atoms with Crippen molar-refractivity contribution in [2.75, 3.05) is 21.3 Å². The summed E-state index contributed by atoms with van der Waals surface area (Å²) in [4.78, 5) is 7.29. The SMILES string of the molecule is COc1ccc(C2Cc3ccccc3N=C(c3ccccc3)N2C)cc1OC.Cl. The maximum Gasteiger partial charge on any atom is 0.161 e.